The van der Waals surface area contributed by atoms with Gasteiger partial charge in [0, 0.05) is 13.2 Å². The number of ether oxygens (including phenoxy) is 1. The molecular formula is C13H24ClNO2. The average molecular weight is 262 g/mol. The lowest BCUT2D eigenvalue weighted by atomic mass is 9.98. The lowest BCUT2D eigenvalue weighted by Crippen LogP contribution is -2.38. The Hall–Kier alpha value is -0.280. The van der Waals surface area contributed by atoms with Crippen LogP contribution in [0.3, 0.4) is 0 Å². The number of hydrogen-bond acceptors (Lipinski definition) is 2. The highest BCUT2D eigenvalue weighted by Crippen LogP contribution is 2.23. The van der Waals surface area contributed by atoms with E-state index in [0.29, 0.717) is 19.1 Å². The van der Waals surface area contributed by atoms with Crippen molar-refractivity contribution in [2.75, 3.05) is 13.2 Å². The van der Waals surface area contributed by atoms with E-state index >= 15 is 0 Å². The zero-order valence-electron chi connectivity index (χ0n) is 11.0. The van der Waals surface area contributed by atoms with Crippen molar-refractivity contribution in [2.24, 2.45) is 11.8 Å². The Morgan fingerprint density at radius 3 is 2.82 bits per heavy atom. The number of carbonyl (C=O) groups is 1. The Morgan fingerprint density at radius 2 is 2.24 bits per heavy atom. The van der Waals surface area contributed by atoms with Crippen LogP contribution in [0.2, 0.25) is 0 Å². The molecule has 17 heavy (non-hydrogen) atoms. The Balaban J connectivity index is 2.29. The van der Waals surface area contributed by atoms with E-state index in [1.54, 1.807) is 0 Å². The summed E-state index contributed by atoms with van der Waals surface area (Å²) in [6, 6.07) is 0. The van der Waals surface area contributed by atoms with E-state index in [2.05, 4.69) is 26.1 Å². The third-order valence-corrected chi connectivity index (χ3v) is 3.51. The number of halogens is 1. The topological polar surface area (TPSA) is 38.3 Å². The minimum absolute atomic E-state index is 0.0166. The van der Waals surface area contributed by atoms with Crippen LogP contribution in [0.1, 0.15) is 40.0 Å². The summed E-state index contributed by atoms with van der Waals surface area (Å²) in [4.78, 5) is 12.0. The van der Waals surface area contributed by atoms with Gasteiger partial charge >= 0.3 is 0 Å². The molecule has 4 heteroatoms. The molecule has 1 fully saturated rings. The SMILES string of the molecule is CCC1OCCC1C(=O)NCC(Cl)CC(C)C. The first-order valence-electron chi connectivity index (χ1n) is 6.58. The number of nitrogens with one attached hydrogen (secondary N) is 1. The number of hydrogen-bond donors (Lipinski definition) is 1. The standard InChI is InChI=1S/C13H24ClNO2/c1-4-12-11(5-6-17-12)13(16)15-8-10(14)7-9(2)3/h9-12H,4-8H2,1-3H3,(H,15,16). The molecule has 0 radical (unpaired) electrons. The first-order valence-corrected chi connectivity index (χ1v) is 7.01. The normalized spacial score (nSPS) is 26.2. The maximum Gasteiger partial charge on any atom is 0.225 e. The Kier molecular flexibility index (Phi) is 6.28. The smallest absolute Gasteiger partial charge is 0.225 e. The number of rotatable bonds is 6. The molecule has 1 amide bonds. The summed E-state index contributed by atoms with van der Waals surface area (Å²) in [5.41, 5.74) is 0. The molecule has 0 aromatic rings. The van der Waals surface area contributed by atoms with E-state index < -0.39 is 0 Å². The second-order valence-corrected chi connectivity index (χ2v) is 5.80. The van der Waals surface area contributed by atoms with Crippen molar-refractivity contribution < 1.29 is 9.53 Å². The van der Waals surface area contributed by atoms with E-state index in [9.17, 15) is 4.79 Å². The molecule has 100 valence electrons. The number of carbonyl (C=O) groups excluding carboxylic acids is 1. The van der Waals surface area contributed by atoms with E-state index in [1.807, 2.05) is 0 Å². The molecule has 1 aliphatic rings. The molecule has 3 unspecified atom stereocenters. The summed E-state index contributed by atoms with van der Waals surface area (Å²) in [5.74, 6) is 0.680. The van der Waals surface area contributed by atoms with Crippen molar-refractivity contribution in [3.05, 3.63) is 0 Å². The molecule has 0 aliphatic carbocycles. The maximum atomic E-state index is 12.0. The fourth-order valence-electron chi connectivity index (χ4n) is 2.29. The predicted octanol–water partition coefficient (Wildman–Crippen LogP) is 2.57. The van der Waals surface area contributed by atoms with Gasteiger partial charge in [-0.3, -0.25) is 4.79 Å². The summed E-state index contributed by atoms with van der Waals surface area (Å²) in [6.45, 7) is 7.59. The Labute approximate surface area is 109 Å². The molecule has 1 N–H and O–H groups in total. The highest BCUT2D eigenvalue weighted by molar-refractivity contribution is 6.20. The highest BCUT2D eigenvalue weighted by Gasteiger charge is 2.32. The molecule has 0 saturated carbocycles. The molecule has 1 saturated heterocycles. The largest absolute Gasteiger partial charge is 0.377 e. The van der Waals surface area contributed by atoms with E-state index in [0.717, 1.165) is 19.3 Å². The van der Waals surface area contributed by atoms with Crippen LogP contribution < -0.4 is 5.32 Å². The van der Waals surface area contributed by atoms with Gasteiger partial charge in [0.1, 0.15) is 0 Å². The van der Waals surface area contributed by atoms with E-state index in [-0.39, 0.29) is 23.3 Å². The molecular weight excluding hydrogens is 238 g/mol. The predicted molar refractivity (Wildman–Crippen MR) is 70.2 cm³/mol. The van der Waals surface area contributed by atoms with Gasteiger partial charge in [0.15, 0.2) is 0 Å². The molecule has 0 aromatic carbocycles. The van der Waals surface area contributed by atoms with Gasteiger partial charge in [-0.05, 0) is 25.2 Å². The van der Waals surface area contributed by atoms with Crippen LogP contribution in [0.15, 0.2) is 0 Å². The first kappa shape index (κ1) is 14.8. The third kappa shape index (κ3) is 4.84. The summed E-state index contributed by atoms with van der Waals surface area (Å²) < 4.78 is 5.51. The summed E-state index contributed by atoms with van der Waals surface area (Å²) >= 11 is 6.15. The molecule has 3 atom stereocenters. The molecule has 1 rings (SSSR count). The van der Waals surface area contributed by atoms with E-state index in [4.69, 9.17) is 16.3 Å². The molecule has 0 spiro atoms. The quantitative estimate of drug-likeness (QED) is 0.747. The average Bonchev–Trinajstić information content (AvgIpc) is 2.72. The van der Waals surface area contributed by atoms with Crippen molar-refractivity contribution in [3.63, 3.8) is 0 Å². The minimum Gasteiger partial charge on any atom is -0.377 e. The van der Waals surface area contributed by atoms with Gasteiger partial charge in [-0.2, -0.15) is 0 Å². The first-order chi connectivity index (χ1) is 8.04. The Bertz CT molecular complexity index is 246. The van der Waals surface area contributed by atoms with Crippen molar-refractivity contribution >= 4 is 17.5 Å². The van der Waals surface area contributed by atoms with Crippen LogP contribution in [0, 0.1) is 11.8 Å². The summed E-state index contributed by atoms with van der Waals surface area (Å²) in [6.07, 6.45) is 2.75. The van der Waals surface area contributed by atoms with Crippen molar-refractivity contribution in [1.29, 1.82) is 0 Å². The van der Waals surface area contributed by atoms with Crippen LogP contribution in [0.5, 0.6) is 0 Å². The third-order valence-electron chi connectivity index (χ3n) is 3.17. The van der Waals surface area contributed by atoms with Gasteiger partial charge in [0.05, 0.1) is 17.4 Å². The molecule has 3 nitrogen and oxygen atoms in total. The van der Waals surface area contributed by atoms with Gasteiger partial charge in [-0.15, -0.1) is 11.6 Å². The molecule has 0 aromatic heterocycles. The van der Waals surface area contributed by atoms with Gasteiger partial charge in [0.2, 0.25) is 5.91 Å². The maximum absolute atomic E-state index is 12.0. The van der Waals surface area contributed by atoms with Crippen molar-refractivity contribution in [1.82, 2.24) is 5.32 Å². The van der Waals surface area contributed by atoms with Crippen LogP contribution in [0.25, 0.3) is 0 Å². The van der Waals surface area contributed by atoms with Crippen molar-refractivity contribution in [3.8, 4) is 0 Å². The zero-order valence-corrected chi connectivity index (χ0v) is 11.8. The second kappa shape index (κ2) is 7.22. The fraction of sp³-hybridized carbons (Fsp3) is 0.923. The summed E-state index contributed by atoms with van der Waals surface area (Å²) in [7, 11) is 0. The van der Waals surface area contributed by atoms with Gasteiger partial charge < -0.3 is 10.1 Å². The van der Waals surface area contributed by atoms with Crippen LogP contribution >= 0.6 is 11.6 Å². The van der Waals surface area contributed by atoms with Gasteiger partial charge in [-0.1, -0.05) is 20.8 Å². The number of alkyl halides is 1. The van der Waals surface area contributed by atoms with Gasteiger partial charge in [-0.25, -0.2) is 0 Å². The lowest BCUT2D eigenvalue weighted by molar-refractivity contribution is -0.126. The molecule has 0 bridgehead atoms. The van der Waals surface area contributed by atoms with Gasteiger partial charge in [0.25, 0.3) is 0 Å². The second-order valence-electron chi connectivity index (χ2n) is 5.18. The lowest BCUT2D eigenvalue weighted by Gasteiger charge is -2.18. The summed E-state index contributed by atoms with van der Waals surface area (Å²) in [5, 5.41) is 2.97. The molecule has 1 aliphatic heterocycles. The van der Waals surface area contributed by atoms with Crippen LogP contribution in [-0.2, 0) is 9.53 Å². The van der Waals surface area contributed by atoms with Crippen molar-refractivity contribution in [2.45, 2.75) is 51.5 Å². The van der Waals surface area contributed by atoms with E-state index in [1.165, 1.54) is 0 Å². The fourth-order valence-corrected chi connectivity index (χ4v) is 2.72. The Morgan fingerprint density at radius 1 is 1.53 bits per heavy atom. The van der Waals surface area contributed by atoms with Crippen LogP contribution in [0.4, 0.5) is 0 Å². The minimum atomic E-state index is 0.0166. The monoisotopic (exact) mass is 261 g/mol. The highest BCUT2D eigenvalue weighted by atomic mass is 35.5. The molecule has 1 heterocycles. The number of amides is 1. The zero-order chi connectivity index (χ0) is 12.8. The van der Waals surface area contributed by atoms with Crippen LogP contribution in [-0.4, -0.2) is 30.5 Å².